The standard InChI is InChI=1S/C20H23FN2O/c1-6-10-20(5,13-19(2,3)4)23-18(24)15-11-14-8-7-9-16(21)17(14)22-12-15/h1,7-9,11-12H,10,13H2,2-5H3,(H,23,24). The Labute approximate surface area is 142 Å². The zero-order valence-corrected chi connectivity index (χ0v) is 14.6. The Morgan fingerprint density at radius 3 is 2.67 bits per heavy atom. The normalized spacial score (nSPS) is 14.0. The summed E-state index contributed by atoms with van der Waals surface area (Å²) in [5, 5.41) is 3.63. The van der Waals surface area contributed by atoms with Crippen LogP contribution in [0.2, 0.25) is 0 Å². The number of rotatable bonds is 4. The number of para-hydroxylation sites is 1. The van der Waals surface area contributed by atoms with Gasteiger partial charge in [0.15, 0.2) is 0 Å². The van der Waals surface area contributed by atoms with Crippen LogP contribution in [0.25, 0.3) is 10.9 Å². The van der Waals surface area contributed by atoms with Gasteiger partial charge in [0.25, 0.3) is 5.91 Å². The Bertz CT molecular complexity index is 801. The van der Waals surface area contributed by atoms with E-state index in [4.69, 9.17) is 6.42 Å². The van der Waals surface area contributed by atoms with E-state index in [1.807, 2.05) is 6.92 Å². The van der Waals surface area contributed by atoms with Crippen LogP contribution in [0.15, 0.2) is 30.5 Å². The molecular weight excluding hydrogens is 303 g/mol. The van der Waals surface area contributed by atoms with Gasteiger partial charge in [-0.2, -0.15) is 0 Å². The fourth-order valence-electron chi connectivity index (χ4n) is 3.14. The van der Waals surface area contributed by atoms with E-state index >= 15 is 0 Å². The van der Waals surface area contributed by atoms with Crippen LogP contribution in [0.1, 0.15) is 50.9 Å². The minimum atomic E-state index is -0.513. The lowest BCUT2D eigenvalue weighted by atomic mass is 9.79. The summed E-state index contributed by atoms with van der Waals surface area (Å²) in [5.74, 6) is 1.99. The lowest BCUT2D eigenvalue weighted by Gasteiger charge is -2.35. The number of carbonyl (C=O) groups is 1. The molecule has 0 saturated carbocycles. The van der Waals surface area contributed by atoms with E-state index in [1.165, 1.54) is 12.3 Å². The van der Waals surface area contributed by atoms with Crippen molar-refractivity contribution in [2.45, 2.75) is 46.1 Å². The van der Waals surface area contributed by atoms with Gasteiger partial charge < -0.3 is 5.32 Å². The fourth-order valence-corrected chi connectivity index (χ4v) is 3.14. The van der Waals surface area contributed by atoms with E-state index in [-0.39, 0.29) is 16.8 Å². The third-order valence-electron chi connectivity index (χ3n) is 3.75. The minimum Gasteiger partial charge on any atom is -0.346 e. The number of carbonyl (C=O) groups excluding carboxylic acids is 1. The molecule has 0 spiro atoms. The van der Waals surface area contributed by atoms with Crippen molar-refractivity contribution in [3.05, 3.63) is 41.8 Å². The predicted octanol–water partition coefficient (Wildman–Crippen LogP) is 4.32. The van der Waals surface area contributed by atoms with Crippen LogP contribution in [0.3, 0.4) is 0 Å². The number of hydrogen-bond donors (Lipinski definition) is 1. The number of pyridine rings is 1. The summed E-state index contributed by atoms with van der Waals surface area (Å²) in [4.78, 5) is 16.7. The molecule has 4 heteroatoms. The fraction of sp³-hybridized carbons (Fsp3) is 0.400. The van der Waals surface area contributed by atoms with Gasteiger partial charge in [0.1, 0.15) is 11.3 Å². The first-order chi connectivity index (χ1) is 11.1. The zero-order chi connectivity index (χ0) is 18.0. The number of amides is 1. The number of halogens is 1. The summed E-state index contributed by atoms with van der Waals surface area (Å²) in [6.07, 6.45) is 8.06. The average Bonchev–Trinajstić information content (AvgIpc) is 2.45. The molecule has 1 aromatic heterocycles. The number of benzene rings is 1. The van der Waals surface area contributed by atoms with Crippen molar-refractivity contribution in [3.63, 3.8) is 0 Å². The lowest BCUT2D eigenvalue weighted by molar-refractivity contribution is 0.0882. The van der Waals surface area contributed by atoms with Gasteiger partial charge in [-0.15, -0.1) is 12.3 Å². The number of nitrogens with zero attached hydrogens (tertiary/aromatic N) is 1. The molecule has 3 nitrogen and oxygen atoms in total. The van der Waals surface area contributed by atoms with Crippen molar-refractivity contribution < 1.29 is 9.18 Å². The molecule has 0 aliphatic heterocycles. The number of hydrogen-bond acceptors (Lipinski definition) is 2. The first kappa shape index (κ1) is 17.9. The molecule has 0 aliphatic carbocycles. The highest BCUT2D eigenvalue weighted by Gasteiger charge is 2.31. The average molecular weight is 326 g/mol. The van der Waals surface area contributed by atoms with E-state index in [1.54, 1.807) is 18.2 Å². The SMILES string of the molecule is C#CCC(C)(CC(C)(C)C)NC(=O)c1cnc2c(F)cccc2c1. The molecule has 0 bridgehead atoms. The van der Waals surface area contributed by atoms with Crippen LogP contribution in [-0.4, -0.2) is 16.4 Å². The molecule has 1 heterocycles. The molecule has 0 aliphatic rings. The summed E-state index contributed by atoms with van der Waals surface area (Å²) >= 11 is 0. The Morgan fingerprint density at radius 2 is 2.04 bits per heavy atom. The molecule has 1 aromatic carbocycles. The molecular formula is C20H23FN2O. The van der Waals surface area contributed by atoms with Crippen LogP contribution in [0.5, 0.6) is 0 Å². The van der Waals surface area contributed by atoms with Crippen molar-refractivity contribution in [1.29, 1.82) is 0 Å². The summed E-state index contributed by atoms with van der Waals surface area (Å²) in [7, 11) is 0. The third-order valence-corrected chi connectivity index (χ3v) is 3.75. The van der Waals surface area contributed by atoms with Crippen molar-refractivity contribution in [2.24, 2.45) is 5.41 Å². The van der Waals surface area contributed by atoms with Crippen LogP contribution in [0.4, 0.5) is 4.39 Å². The zero-order valence-electron chi connectivity index (χ0n) is 14.6. The van der Waals surface area contributed by atoms with Gasteiger partial charge in [-0.3, -0.25) is 9.78 Å². The van der Waals surface area contributed by atoms with Crippen LogP contribution >= 0.6 is 0 Å². The summed E-state index contributed by atoms with van der Waals surface area (Å²) < 4.78 is 13.7. The van der Waals surface area contributed by atoms with Crippen molar-refractivity contribution in [1.82, 2.24) is 10.3 Å². The second kappa shape index (κ2) is 6.60. The predicted molar refractivity (Wildman–Crippen MR) is 95.1 cm³/mol. The first-order valence-electron chi connectivity index (χ1n) is 7.94. The second-order valence-corrected chi connectivity index (χ2v) is 7.67. The number of aromatic nitrogens is 1. The van der Waals surface area contributed by atoms with Gasteiger partial charge in [0.2, 0.25) is 0 Å². The Kier molecular flexibility index (Phi) is 4.94. The molecule has 0 saturated heterocycles. The van der Waals surface area contributed by atoms with Gasteiger partial charge >= 0.3 is 0 Å². The Balaban J connectivity index is 2.29. The van der Waals surface area contributed by atoms with Gasteiger partial charge in [-0.25, -0.2) is 4.39 Å². The maximum Gasteiger partial charge on any atom is 0.253 e. The quantitative estimate of drug-likeness (QED) is 0.850. The summed E-state index contributed by atoms with van der Waals surface area (Å²) in [6, 6.07) is 6.33. The van der Waals surface area contributed by atoms with Crippen LogP contribution in [0, 0.1) is 23.6 Å². The highest BCUT2D eigenvalue weighted by Crippen LogP contribution is 2.29. The largest absolute Gasteiger partial charge is 0.346 e. The summed E-state index contributed by atoms with van der Waals surface area (Å²) in [6.45, 7) is 8.26. The number of terminal acetylenes is 1. The molecule has 1 atom stereocenters. The molecule has 2 rings (SSSR count). The highest BCUT2D eigenvalue weighted by molar-refractivity contribution is 5.97. The topological polar surface area (TPSA) is 42.0 Å². The van der Waals surface area contributed by atoms with Crippen molar-refractivity contribution >= 4 is 16.8 Å². The van der Waals surface area contributed by atoms with Crippen molar-refractivity contribution in [2.75, 3.05) is 0 Å². The summed E-state index contributed by atoms with van der Waals surface area (Å²) in [5.41, 5.74) is 0.158. The third kappa shape index (κ3) is 4.32. The maximum atomic E-state index is 13.7. The molecule has 0 fully saturated rings. The maximum absolute atomic E-state index is 13.7. The molecule has 1 N–H and O–H groups in total. The Morgan fingerprint density at radius 1 is 1.33 bits per heavy atom. The molecule has 0 radical (unpaired) electrons. The van der Waals surface area contributed by atoms with E-state index in [0.29, 0.717) is 17.4 Å². The second-order valence-electron chi connectivity index (χ2n) is 7.67. The van der Waals surface area contributed by atoms with Gasteiger partial charge in [0, 0.05) is 23.5 Å². The minimum absolute atomic E-state index is 0.0175. The monoisotopic (exact) mass is 326 g/mol. The van der Waals surface area contributed by atoms with Crippen molar-refractivity contribution in [3.8, 4) is 12.3 Å². The van der Waals surface area contributed by atoms with Gasteiger partial charge in [0.05, 0.1) is 5.56 Å². The number of fused-ring (bicyclic) bond motifs is 1. The smallest absolute Gasteiger partial charge is 0.253 e. The number of nitrogens with one attached hydrogen (secondary N) is 1. The van der Waals surface area contributed by atoms with Gasteiger partial charge in [-0.1, -0.05) is 32.9 Å². The van der Waals surface area contributed by atoms with E-state index in [9.17, 15) is 9.18 Å². The Hall–Kier alpha value is -2.41. The van der Waals surface area contributed by atoms with Crippen LogP contribution < -0.4 is 5.32 Å². The molecule has 2 aromatic rings. The molecule has 24 heavy (non-hydrogen) atoms. The van der Waals surface area contributed by atoms with Crippen LogP contribution in [-0.2, 0) is 0 Å². The lowest BCUT2D eigenvalue weighted by Crippen LogP contribution is -2.48. The molecule has 1 unspecified atom stereocenters. The molecule has 1 amide bonds. The van der Waals surface area contributed by atoms with E-state index in [0.717, 1.165) is 6.42 Å². The van der Waals surface area contributed by atoms with Gasteiger partial charge in [-0.05, 0) is 30.9 Å². The highest BCUT2D eigenvalue weighted by atomic mass is 19.1. The van der Waals surface area contributed by atoms with E-state index < -0.39 is 11.4 Å². The first-order valence-corrected chi connectivity index (χ1v) is 7.94. The molecule has 126 valence electrons. The van der Waals surface area contributed by atoms with E-state index in [2.05, 4.69) is 37.0 Å².